The maximum Gasteiger partial charge on any atom is 0.326 e. The smallest absolute Gasteiger partial charge is 0.326 e. The van der Waals surface area contributed by atoms with Gasteiger partial charge in [-0.25, -0.2) is 4.79 Å². The van der Waals surface area contributed by atoms with Gasteiger partial charge in [0.15, 0.2) is 0 Å². The van der Waals surface area contributed by atoms with E-state index >= 15 is 0 Å². The van der Waals surface area contributed by atoms with Crippen molar-refractivity contribution in [2.45, 2.75) is 39.2 Å². The van der Waals surface area contributed by atoms with Crippen molar-refractivity contribution in [1.29, 1.82) is 0 Å². The Morgan fingerprint density at radius 2 is 2.09 bits per heavy atom. The number of aliphatic carboxylic acids is 1. The molecule has 22 heavy (non-hydrogen) atoms. The lowest BCUT2D eigenvalue weighted by atomic mass is 10.1. The van der Waals surface area contributed by atoms with Gasteiger partial charge in [-0.2, -0.15) is 0 Å². The minimum Gasteiger partial charge on any atom is -0.480 e. The van der Waals surface area contributed by atoms with Crippen molar-refractivity contribution in [2.75, 3.05) is 5.73 Å². The summed E-state index contributed by atoms with van der Waals surface area (Å²) in [6.45, 7) is 3.50. The van der Waals surface area contributed by atoms with Gasteiger partial charge in [0, 0.05) is 6.07 Å². The Morgan fingerprint density at radius 1 is 1.45 bits per heavy atom. The largest absolute Gasteiger partial charge is 0.480 e. The summed E-state index contributed by atoms with van der Waals surface area (Å²) in [5.74, 6) is -1.88. The standard InChI is InChI=1S/C14H19N3O5/c1-3-4-5-10(14(19)20)16-13(18)9-6-8(2)7-11(12(9)15)17(21)22/h6-7,10H,3-5,15H2,1-2H3,(H,16,18)(H,19,20)/t10-/m0/s1. The number of nitro groups is 1. The Hall–Kier alpha value is -2.64. The van der Waals surface area contributed by atoms with Crippen LogP contribution in [0.1, 0.15) is 42.1 Å². The molecule has 0 saturated heterocycles. The number of nitrogen functional groups attached to an aromatic ring is 1. The van der Waals surface area contributed by atoms with E-state index in [1.807, 2.05) is 6.92 Å². The Kier molecular flexibility index (Phi) is 5.85. The van der Waals surface area contributed by atoms with E-state index in [0.29, 0.717) is 12.0 Å². The third kappa shape index (κ3) is 4.18. The van der Waals surface area contributed by atoms with Crippen LogP contribution < -0.4 is 11.1 Å². The lowest BCUT2D eigenvalue weighted by molar-refractivity contribution is -0.384. The molecular weight excluding hydrogens is 290 g/mol. The number of hydrogen-bond donors (Lipinski definition) is 3. The maximum atomic E-state index is 12.2. The van der Waals surface area contributed by atoms with Crippen LogP contribution in [0.2, 0.25) is 0 Å². The van der Waals surface area contributed by atoms with Crippen LogP contribution in [-0.4, -0.2) is 27.9 Å². The number of nitrogens with zero attached hydrogens (tertiary/aromatic N) is 1. The Labute approximate surface area is 127 Å². The Morgan fingerprint density at radius 3 is 2.59 bits per heavy atom. The zero-order valence-corrected chi connectivity index (χ0v) is 12.5. The van der Waals surface area contributed by atoms with E-state index in [1.54, 1.807) is 6.92 Å². The second-order valence-electron chi connectivity index (χ2n) is 5.01. The number of carboxylic acid groups (broad SMARTS) is 1. The summed E-state index contributed by atoms with van der Waals surface area (Å²) in [5, 5.41) is 22.4. The SMILES string of the molecule is CCCC[C@H](NC(=O)c1cc(C)cc([N+](=O)[O-])c1N)C(=O)O. The number of unbranched alkanes of at least 4 members (excludes halogenated alkanes) is 1. The van der Waals surface area contributed by atoms with E-state index in [1.165, 1.54) is 12.1 Å². The quantitative estimate of drug-likeness (QED) is 0.399. The fraction of sp³-hybridized carbons (Fsp3) is 0.429. The first-order chi connectivity index (χ1) is 10.3. The topological polar surface area (TPSA) is 136 Å². The van der Waals surface area contributed by atoms with Gasteiger partial charge in [-0.05, 0) is 25.0 Å². The minimum absolute atomic E-state index is 0.0885. The summed E-state index contributed by atoms with van der Waals surface area (Å²) in [6.07, 6.45) is 1.71. The molecule has 8 nitrogen and oxygen atoms in total. The highest BCUT2D eigenvalue weighted by molar-refractivity contribution is 6.02. The molecule has 0 aliphatic rings. The van der Waals surface area contributed by atoms with Crippen LogP contribution in [0.5, 0.6) is 0 Å². The summed E-state index contributed by atoms with van der Waals surface area (Å²) >= 11 is 0. The molecule has 0 bridgehead atoms. The van der Waals surface area contributed by atoms with Crippen molar-refractivity contribution in [3.8, 4) is 0 Å². The van der Waals surface area contributed by atoms with Crippen LogP contribution in [-0.2, 0) is 4.79 Å². The number of nitrogens with two attached hydrogens (primary N) is 1. The number of amides is 1. The van der Waals surface area contributed by atoms with Gasteiger partial charge in [0.1, 0.15) is 11.7 Å². The van der Waals surface area contributed by atoms with E-state index in [4.69, 9.17) is 10.8 Å². The van der Waals surface area contributed by atoms with Gasteiger partial charge in [-0.1, -0.05) is 19.8 Å². The molecular formula is C14H19N3O5. The summed E-state index contributed by atoms with van der Waals surface area (Å²) in [7, 11) is 0. The fourth-order valence-electron chi connectivity index (χ4n) is 2.02. The molecule has 1 amide bonds. The van der Waals surface area contributed by atoms with Crippen LogP contribution in [0, 0.1) is 17.0 Å². The van der Waals surface area contributed by atoms with E-state index in [0.717, 1.165) is 6.42 Å². The van der Waals surface area contributed by atoms with Gasteiger partial charge in [0.05, 0.1) is 10.5 Å². The van der Waals surface area contributed by atoms with Crippen LogP contribution in [0.25, 0.3) is 0 Å². The molecule has 8 heteroatoms. The van der Waals surface area contributed by atoms with Gasteiger partial charge in [0.2, 0.25) is 0 Å². The molecule has 1 aromatic rings. The molecule has 0 radical (unpaired) electrons. The summed E-state index contributed by atoms with van der Waals surface area (Å²) in [4.78, 5) is 33.6. The number of benzene rings is 1. The second-order valence-corrected chi connectivity index (χ2v) is 5.01. The van der Waals surface area contributed by atoms with E-state index in [2.05, 4.69) is 5.32 Å². The van der Waals surface area contributed by atoms with Gasteiger partial charge in [-0.15, -0.1) is 0 Å². The predicted octanol–water partition coefficient (Wildman–Crippen LogP) is 1.86. The molecule has 0 aliphatic heterocycles. The van der Waals surface area contributed by atoms with Crippen molar-refractivity contribution >= 4 is 23.3 Å². The molecule has 120 valence electrons. The molecule has 1 atom stereocenters. The molecule has 0 spiro atoms. The number of nitrogens with one attached hydrogen (secondary N) is 1. The zero-order chi connectivity index (χ0) is 16.9. The lowest BCUT2D eigenvalue weighted by Crippen LogP contribution is -2.41. The first-order valence-corrected chi connectivity index (χ1v) is 6.86. The van der Waals surface area contributed by atoms with Crippen molar-refractivity contribution in [3.63, 3.8) is 0 Å². The number of aryl methyl sites for hydroxylation is 1. The number of carbonyl (C=O) groups excluding carboxylic acids is 1. The molecule has 0 saturated carbocycles. The molecule has 4 N–H and O–H groups in total. The maximum absolute atomic E-state index is 12.2. The monoisotopic (exact) mass is 309 g/mol. The first kappa shape index (κ1) is 17.4. The third-order valence-corrected chi connectivity index (χ3v) is 3.19. The van der Waals surface area contributed by atoms with E-state index in [-0.39, 0.29) is 23.4 Å². The molecule has 1 aromatic carbocycles. The average molecular weight is 309 g/mol. The normalized spacial score (nSPS) is 11.7. The lowest BCUT2D eigenvalue weighted by Gasteiger charge is -2.15. The molecule has 0 aromatic heterocycles. The van der Waals surface area contributed by atoms with Crippen LogP contribution in [0.4, 0.5) is 11.4 Å². The molecule has 0 unspecified atom stereocenters. The van der Waals surface area contributed by atoms with E-state index < -0.39 is 22.8 Å². The number of nitro benzene ring substituents is 1. The fourth-order valence-corrected chi connectivity index (χ4v) is 2.02. The van der Waals surface area contributed by atoms with Crippen molar-refractivity contribution in [1.82, 2.24) is 5.32 Å². The van der Waals surface area contributed by atoms with Gasteiger partial charge in [0.25, 0.3) is 11.6 Å². The highest BCUT2D eigenvalue weighted by Crippen LogP contribution is 2.27. The van der Waals surface area contributed by atoms with Crippen molar-refractivity contribution in [2.24, 2.45) is 0 Å². The van der Waals surface area contributed by atoms with Crippen LogP contribution in [0.3, 0.4) is 0 Å². The van der Waals surface area contributed by atoms with Crippen LogP contribution in [0.15, 0.2) is 12.1 Å². The van der Waals surface area contributed by atoms with Crippen LogP contribution >= 0.6 is 0 Å². The predicted molar refractivity (Wildman–Crippen MR) is 80.7 cm³/mol. The summed E-state index contributed by atoms with van der Waals surface area (Å²) in [6, 6.07) is 1.61. The minimum atomic E-state index is -1.15. The van der Waals surface area contributed by atoms with Gasteiger partial charge < -0.3 is 16.2 Å². The highest BCUT2D eigenvalue weighted by atomic mass is 16.6. The molecule has 0 aliphatic carbocycles. The van der Waals surface area contributed by atoms with Crippen molar-refractivity contribution in [3.05, 3.63) is 33.4 Å². The van der Waals surface area contributed by atoms with E-state index in [9.17, 15) is 19.7 Å². The zero-order valence-electron chi connectivity index (χ0n) is 12.5. The molecule has 0 heterocycles. The molecule has 0 fully saturated rings. The Bertz CT molecular complexity index is 600. The van der Waals surface area contributed by atoms with Gasteiger partial charge in [-0.3, -0.25) is 14.9 Å². The molecule has 1 rings (SSSR count). The number of carboxylic acids is 1. The first-order valence-electron chi connectivity index (χ1n) is 6.86. The second kappa shape index (κ2) is 7.39. The number of anilines is 1. The Balaban J connectivity index is 3.07. The van der Waals surface area contributed by atoms with Crippen molar-refractivity contribution < 1.29 is 19.6 Å². The number of carbonyl (C=O) groups is 2. The average Bonchev–Trinajstić information content (AvgIpc) is 2.44. The third-order valence-electron chi connectivity index (χ3n) is 3.19. The highest BCUT2D eigenvalue weighted by Gasteiger charge is 2.24. The number of rotatable bonds is 7. The van der Waals surface area contributed by atoms with Gasteiger partial charge >= 0.3 is 5.97 Å². The number of hydrogen-bond acceptors (Lipinski definition) is 5. The summed E-state index contributed by atoms with van der Waals surface area (Å²) in [5.41, 5.74) is 5.42. The summed E-state index contributed by atoms with van der Waals surface area (Å²) < 4.78 is 0.